The van der Waals surface area contributed by atoms with Crippen molar-refractivity contribution < 1.29 is 4.74 Å². The quantitative estimate of drug-likeness (QED) is 0.422. The van der Waals surface area contributed by atoms with Crippen molar-refractivity contribution in [3.8, 4) is 5.75 Å². The Morgan fingerprint density at radius 2 is 2.07 bits per heavy atom. The minimum absolute atomic E-state index is 0.471. The fourth-order valence-corrected chi connectivity index (χ4v) is 1.21. The van der Waals surface area contributed by atoms with Crippen LogP contribution >= 0.6 is 0 Å². The number of benzene rings is 1. The third-order valence-corrected chi connectivity index (χ3v) is 2.11. The predicted octanol–water partition coefficient (Wildman–Crippen LogP) is 2.44. The van der Waals surface area contributed by atoms with Crippen molar-refractivity contribution in [2.24, 2.45) is 5.11 Å². The minimum atomic E-state index is 0.471. The summed E-state index contributed by atoms with van der Waals surface area (Å²) in [5.74, 6) is 0.835. The number of hydrogen-bond donors (Lipinski definition) is 0. The molecule has 0 aliphatic heterocycles. The van der Waals surface area contributed by atoms with Gasteiger partial charge in [-0.3, -0.25) is 0 Å². The van der Waals surface area contributed by atoms with Gasteiger partial charge in [0.25, 0.3) is 0 Å². The largest absolute Gasteiger partial charge is 0.497 e. The highest BCUT2D eigenvalue weighted by Gasteiger charge is 1.99. The van der Waals surface area contributed by atoms with Crippen molar-refractivity contribution in [3.63, 3.8) is 0 Å². The van der Waals surface area contributed by atoms with Crippen molar-refractivity contribution in [3.05, 3.63) is 34.7 Å². The molecule has 0 aliphatic rings. The maximum absolute atomic E-state index is 8.14. The summed E-state index contributed by atoms with van der Waals surface area (Å²) >= 11 is 0. The Bertz CT molecular complexity index is 343. The van der Waals surface area contributed by atoms with Gasteiger partial charge < -0.3 is 9.64 Å². The number of ether oxygens (including phenoxy) is 1. The molecule has 0 atom stereocenters. The Labute approximate surface area is 88.9 Å². The van der Waals surface area contributed by atoms with E-state index < -0.39 is 0 Å². The van der Waals surface area contributed by atoms with Gasteiger partial charge in [0.15, 0.2) is 0 Å². The van der Waals surface area contributed by atoms with Crippen LogP contribution in [0.2, 0.25) is 0 Å². The summed E-state index contributed by atoms with van der Waals surface area (Å²) in [5, 5.41) is 3.49. The van der Waals surface area contributed by atoms with Crippen LogP contribution in [0.1, 0.15) is 0 Å². The van der Waals surface area contributed by atoms with Gasteiger partial charge in [0.2, 0.25) is 0 Å². The fourth-order valence-electron chi connectivity index (χ4n) is 1.21. The molecule has 0 radical (unpaired) electrons. The third-order valence-electron chi connectivity index (χ3n) is 2.11. The second-order valence-corrected chi connectivity index (χ2v) is 3.07. The van der Waals surface area contributed by atoms with Crippen LogP contribution in [0, 0.1) is 0 Å². The third kappa shape index (κ3) is 3.40. The minimum Gasteiger partial charge on any atom is -0.497 e. The standard InChI is InChI=1S/C10H14N4O/c1-14(8-7-12-13-11)9-3-5-10(15-2)6-4-9/h3-6H,7-8H2,1-2H3. The lowest BCUT2D eigenvalue weighted by Gasteiger charge is -2.18. The zero-order valence-electron chi connectivity index (χ0n) is 8.92. The second kappa shape index (κ2) is 5.78. The number of anilines is 1. The maximum atomic E-state index is 8.14. The average molecular weight is 206 g/mol. The molecule has 1 aromatic rings. The summed E-state index contributed by atoms with van der Waals surface area (Å²) in [7, 11) is 3.59. The zero-order chi connectivity index (χ0) is 11.1. The summed E-state index contributed by atoms with van der Waals surface area (Å²) in [5.41, 5.74) is 9.21. The molecule has 0 bridgehead atoms. The topological polar surface area (TPSA) is 61.2 Å². The highest BCUT2D eigenvalue weighted by atomic mass is 16.5. The van der Waals surface area contributed by atoms with Gasteiger partial charge in [-0.25, -0.2) is 0 Å². The summed E-state index contributed by atoms with van der Waals surface area (Å²) in [4.78, 5) is 4.73. The maximum Gasteiger partial charge on any atom is 0.119 e. The molecule has 0 aromatic heterocycles. The van der Waals surface area contributed by atoms with E-state index in [0.717, 1.165) is 11.4 Å². The van der Waals surface area contributed by atoms with Crippen LogP contribution in [0.5, 0.6) is 5.75 Å². The second-order valence-electron chi connectivity index (χ2n) is 3.07. The lowest BCUT2D eigenvalue weighted by Crippen LogP contribution is -2.20. The molecule has 0 aliphatic carbocycles. The number of likely N-dealkylation sites (N-methyl/N-ethyl adjacent to an activating group) is 1. The van der Waals surface area contributed by atoms with Crippen molar-refractivity contribution in [1.29, 1.82) is 0 Å². The van der Waals surface area contributed by atoms with Gasteiger partial charge in [0.1, 0.15) is 5.75 Å². The van der Waals surface area contributed by atoms with Gasteiger partial charge in [-0.2, -0.15) is 0 Å². The van der Waals surface area contributed by atoms with Gasteiger partial charge in [-0.05, 0) is 29.8 Å². The van der Waals surface area contributed by atoms with E-state index in [1.807, 2.05) is 36.2 Å². The molecule has 1 rings (SSSR count). The van der Waals surface area contributed by atoms with Crippen molar-refractivity contribution in [2.45, 2.75) is 0 Å². The highest BCUT2D eigenvalue weighted by molar-refractivity contribution is 5.48. The van der Waals surface area contributed by atoms with Gasteiger partial charge >= 0.3 is 0 Å². The summed E-state index contributed by atoms with van der Waals surface area (Å²) in [6.07, 6.45) is 0. The van der Waals surface area contributed by atoms with Crippen molar-refractivity contribution in [1.82, 2.24) is 0 Å². The van der Waals surface area contributed by atoms with Crippen LogP contribution in [-0.4, -0.2) is 27.2 Å². The molecule has 0 fully saturated rings. The van der Waals surface area contributed by atoms with Crippen molar-refractivity contribution in [2.75, 3.05) is 32.1 Å². The van der Waals surface area contributed by atoms with E-state index in [1.165, 1.54) is 0 Å². The molecular formula is C10H14N4O. The molecule has 0 unspecified atom stereocenters. The fraction of sp³-hybridized carbons (Fsp3) is 0.400. The van der Waals surface area contributed by atoms with Gasteiger partial charge in [-0.1, -0.05) is 5.11 Å². The van der Waals surface area contributed by atoms with Crippen LogP contribution in [0.15, 0.2) is 29.4 Å². The van der Waals surface area contributed by atoms with Crippen LogP contribution in [0.4, 0.5) is 5.69 Å². The van der Waals surface area contributed by atoms with E-state index in [0.29, 0.717) is 13.1 Å². The van der Waals surface area contributed by atoms with E-state index >= 15 is 0 Å². The SMILES string of the molecule is COc1ccc(N(C)CCN=[N+]=[N-])cc1. The van der Waals surface area contributed by atoms with E-state index in [2.05, 4.69) is 10.0 Å². The molecule has 0 amide bonds. The summed E-state index contributed by atoms with van der Waals surface area (Å²) in [6.45, 7) is 1.18. The molecule has 15 heavy (non-hydrogen) atoms. The molecule has 0 saturated heterocycles. The van der Waals surface area contributed by atoms with Crippen molar-refractivity contribution >= 4 is 5.69 Å². The summed E-state index contributed by atoms with van der Waals surface area (Å²) < 4.78 is 5.06. The van der Waals surface area contributed by atoms with Crippen LogP contribution in [0.25, 0.3) is 10.4 Å². The predicted molar refractivity (Wildman–Crippen MR) is 60.3 cm³/mol. The normalized spacial score (nSPS) is 9.20. The first-order valence-electron chi connectivity index (χ1n) is 4.64. The Morgan fingerprint density at radius 3 is 2.60 bits per heavy atom. The van der Waals surface area contributed by atoms with Gasteiger partial charge in [0.05, 0.1) is 7.11 Å². The molecule has 0 heterocycles. The molecule has 5 heteroatoms. The number of nitrogens with zero attached hydrogens (tertiary/aromatic N) is 4. The van der Waals surface area contributed by atoms with Crippen LogP contribution < -0.4 is 9.64 Å². The number of rotatable bonds is 5. The Kier molecular flexibility index (Phi) is 4.31. The first-order valence-corrected chi connectivity index (χ1v) is 4.64. The van der Waals surface area contributed by atoms with Gasteiger partial charge in [0, 0.05) is 30.7 Å². The molecular weight excluding hydrogens is 192 g/mol. The first-order chi connectivity index (χ1) is 7.27. The first kappa shape index (κ1) is 11.2. The van der Waals surface area contributed by atoms with E-state index in [-0.39, 0.29) is 0 Å². The highest BCUT2D eigenvalue weighted by Crippen LogP contribution is 2.17. The molecule has 0 spiro atoms. The number of methoxy groups -OCH3 is 1. The monoisotopic (exact) mass is 206 g/mol. The lowest BCUT2D eigenvalue weighted by atomic mass is 10.3. The zero-order valence-corrected chi connectivity index (χ0v) is 8.92. The molecule has 5 nitrogen and oxygen atoms in total. The molecule has 0 saturated carbocycles. The molecule has 0 N–H and O–H groups in total. The molecule has 1 aromatic carbocycles. The van der Waals surface area contributed by atoms with E-state index in [9.17, 15) is 0 Å². The smallest absolute Gasteiger partial charge is 0.119 e. The Morgan fingerprint density at radius 1 is 1.40 bits per heavy atom. The molecule has 80 valence electrons. The lowest BCUT2D eigenvalue weighted by molar-refractivity contribution is 0.415. The summed E-state index contributed by atoms with van der Waals surface area (Å²) in [6, 6.07) is 7.74. The van der Waals surface area contributed by atoms with E-state index in [4.69, 9.17) is 10.3 Å². The van der Waals surface area contributed by atoms with Crippen LogP contribution in [0.3, 0.4) is 0 Å². The Balaban J connectivity index is 2.57. The average Bonchev–Trinajstić information content (AvgIpc) is 2.29. The van der Waals surface area contributed by atoms with Gasteiger partial charge in [-0.15, -0.1) is 0 Å². The van der Waals surface area contributed by atoms with E-state index in [1.54, 1.807) is 7.11 Å². The number of azide groups is 1. The Hall–Kier alpha value is -1.87. The van der Waals surface area contributed by atoms with Crippen LogP contribution in [-0.2, 0) is 0 Å². The number of hydrogen-bond acceptors (Lipinski definition) is 3.